The summed E-state index contributed by atoms with van der Waals surface area (Å²) in [5, 5.41) is 3.38. The highest BCUT2D eigenvalue weighted by molar-refractivity contribution is 14.1. The predicted molar refractivity (Wildman–Crippen MR) is 90.1 cm³/mol. The Balaban J connectivity index is 2.53. The van der Waals surface area contributed by atoms with Crippen molar-refractivity contribution >= 4 is 28.4 Å². The Bertz CT molecular complexity index is 593. The molecule has 0 aliphatic heterocycles. The molecule has 0 aliphatic carbocycles. The van der Waals surface area contributed by atoms with Gasteiger partial charge in [0.15, 0.2) is 11.6 Å². The number of anilines is 1. The third kappa shape index (κ3) is 3.13. The van der Waals surface area contributed by atoms with Crippen LogP contribution in [0.3, 0.4) is 0 Å². The van der Waals surface area contributed by atoms with Crippen LogP contribution in [0.4, 0.5) is 5.82 Å². The Kier molecular flexibility index (Phi) is 5.01. The number of hydrogen-bond acceptors (Lipinski definition) is 4. The molecule has 108 valence electrons. The lowest BCUT2D eigenvalue weighted by molar-refractivity contribution is 0.574. The van der Waals surface area contributed by atoms with E-state index in [1.54, 1.807) is 6.26 Å². The Morgan fingerprint density at radius 2 is 2.10 bits per heavy atom. The number of nitrogens with one attached hydrogen (secondary N) is 1. The molecule has 0 unspecified atom stereocenters. The van der Waals surface area contributed by atoms with E-state index in [-0.39, 0.29) is 0 Å². The molecule has 0 atom stereocenters. The van der Waals surface area contributed by atoms with Crippen molar-refractivity contribution in [2.45, 2.75) is 40.0 Å². The Morgan fingerprint density at radius 1 is 1.35 bits per heavy atom. The smallest absolute Gasteiger partial charge is 0.198 e. The summed E-state index contributed by atoms with van der Waals surface area (Å²) in [4.78, 5) is 9.32. The molecule has 0 aromatic carbocycles. The fraction of sp³-hybridized carbons (Fsp3) is 0.467. The van der Waals surface area contributed by atoms with Gasteiger partial charge in [-0.1, -0.05) is 20.8 Å². The Hall–Kier alpha value is -1.11. The van der Waals surface area contributed by atoms with Crippen molar-refractivity contribution in [1.29, 1.82) is 0 Å². The van der Waals surface area contributed by atoms with Gasteiger partial charge >= 0.3 is 0 Å². The molecule has 2 heterocycles. The number of aryl methyl sites for hydroxylation is 1. The third-order valence-corrected chi connectivity index (χ3v) is 4.09. The van der Waals surface area contributed by atoms with E-state index in [0.29, 0.717) is 11.7 Å². The lowest BCUT2D eigenvalue weighted by atomic mass is 10.1. The van der Waals surface area contributed by atoms with E-state index < -0.39 is 0 Å². The van der Waals surface area contributed by atoms with Gasteiger partial charge in [0, 0.05) is 6.54 Å². The van der Waals surface area contributed by atoms with Crippen LogP contribution in [0.5, 0.6) is 0 Å². The molecule has 2 rings (SSSR count). The molecule has 0 bridgehead atoms. The number of nitrogens with zero attached hydrogens (tertiary/aromatic N) is 2. The lowest BCUT2D eigenvalue weighted by Crippen LogP contribution is -2.10. The van der Waals surface area contributed by atoms with Crippen molar-refractivity contribution < 1.29 is 4.42 Å². The highest BCUT2D eigenvalue weighted by Gasteiger charge is 2.18. The Morgan fingerprint density at radius 3 is 2.65 bits per heavy atom. The van der Waals surface area contributed by atoms with E-state index in [2.05, 4.69) is 53.7 Å². The number of halogens is 1. The molecule has 5 heteroatoms. The van der Waals surface area contributed by atoms with Gasteiger partial charge in [0.05, 0.1) is 15.5 Å². The van der Waals surface area contributed by atoms with Gasteiger partial charge in [-0.2, -0.15) is 0 Å². The minimum atomic E-state index is 0.348. The molecular formula is C15H20IN3O. The summed E-state index contributed by atoms with van der Waals surface area (Å²) >= 11 is 2.32. The molecule has 2 aromatic heterocycles. The maximum absolute atomic E-state index is 5.53. The zero-order valence-corrected chi connectivity index (χ0v) is 14.5. The first-order valence-electron chi connectivity index (χ1n) is 6.90. The molecule has 4 nitrogen and oxygen atoms in total. The van der Waals surface area contributed by atoms with Crippen molar-refractivity contribution in [2.24, 2.45) is 0 Å². The van der Waals surface area contributed by atoms with Crippen LogP contribution in [0.15, 0.2) is 16.7 Å². The lowest BCUT2D eigenvalue weighted by Gasteiger charge is -2.14. The van der Waals surface area contributed by atoms with E-state index in [1.165, 1.54) is 0 Å². The second-order valence-electron chi connectivity index (χ2n) is 5.11. The summed E-state index contributed by atoms with van der Waals surface area (Å²) in [6.45, 7) is 9.34. The van der Waals surface area contributed by atoms with E-state index in [4.69, 9.17) is 9.40 Å². The van der Waals surface area contributed by atoms with Crippen LogP contribution >= 0.6 is 22.6 Å². The van der Waals surface area contributed by atoms with E-state index in [9.17, 15) is 0 Å². The molecule has 0 fully saturated rings. The van der Waals surface area contributed by atoms with Gasteiger partial charge in [0.1, 0.15) is 5.82 Å². The fourth-order valence-corrected chi connectivity index (χ4v) is 2.97. The quantitative estimate of drug-likeness (QED) is 0.765. The van der Waals surface area contributed by atoms with Crippen molar-refractivity contribution in [1.82, 2.24) is 9.97 Å². The normalized spacial score (nSPS) is 11.1. The minimum Gasteiger partial charge on any atom is -0.461 e. The SMILES string of the molecule is CCCNc1nc(-c2occc2C)nc(C(C)C)c1I. The van der Waals surface area contributed by atoms with Crippen LogP contribution in [0.2, 0.25) is 0 Å². The Labute approximate surface area is 133 Å². The van der Waals surface area contributed by atoms with Gasteiger partial charge in [-0.05, 0) is 53.5 Å². The second kappa shape index (κ2) is 6.56. The third-order valence-electron chi connectivity index (χ3n) is 3.03. The van der Waals surface area contributed by atoms with Crippen LogP contribution in [0, 0.1) is 10.5 Å². The predicted octanol–water partition coefficient (Wildman–Crippen LogP) is 4.59. The first kappa shape index (κ1) is 15.3. The molecule has 2 aromatic rings. The van der Waals surface area contributed by atoms with Crippen molar-refractivity contribution in [2.75, 3.05) is 11.9 Å². The van der Waals surface area contributed by atoms with Gasteiger partial charge in [-0.15, -0.1) is 0 Å². The van der Waals surface area contributed by atoms with Gasteiger partial charge in [-0.3, -0.25) is 0 Å². The first-order chi connectivity index (χ1) is 9.54. The minimum absolute atomic E-state index is 0.348. The van der Waals surface area contributed by atoms with Crippen LogP contribution in [0.25, 0.3) is 11.6 Å². The van der Waals surface area contributed by atoms with Crippen molar-refractivity contribution in [3.05, 3.63) is 27.2 Å². The number of rotatable bonds is 5. The van der Waals surface area contributed by atoms with E-state index >= 15 is 0 Å². The fourth-order valence-electron chi connectivity index (χ4n) is 1.91. The molecule has 0 radical (unpaired) electrons. The molecular weight excluding hydrogens is 365 g/mol. The molecule has 1 N–H and O–H groups in total. The van der Waals surface area contributed by atoms with Crippen molar-refractivity contribution in [3.63, 3.8) is 0 Å². The van der Waals surface area contributed by atoms with Crippen LogP contribution < -0.4 is 5.32 Å². The summed E-state index contributed by atoms with van der Waals surface area (Å²) in [5.41, 5.74) is 2.12. The monoisotopic (exact) mass is 385 g/mol. The molecule has 20 heavy (non-hydrogen) atoms. The molecule has 0 amide bonds. The highest BCUT2D eigenvalue weighted by atomic mass is 127. The van der Waals surface area contributed by atoms with Crippen molar-refractivity contribution in [3.8, 4) is 11.6 Å². The summed E-state index contributed by atoms with van der Waals surface area (Å²) < 4.78 is 6.63. The van der Waals surface area contributed by atoms with Gasteiger partial charge in [0.2, 0.25) is 0 Å². The highest BCUT2D eigenvalue weighted by Crippen LogP contribution is 2.29. The van der Waals surface area contributed by atoms with Gasteiger partial charge in [-0.25, -0.2) is 9.97 Å². The zero-order chi connectivity index (χ0) is 14.7. The van der Waals surface area contributed by atoms with E-state index in [1.807, 2.05) is 13.0 Å². The number of hydrogen-bond donors (Lipinski definition) is 1. The summed E-state index contributed by atoms with van der Waals surface area (Å²) in [6, 6.07) is 1.94. The first-order valence-corrected chi connectivity index (χ1v) is 7.98. The molecule has 0 saturated heterocycles. The zero-order valence-electron chi connectivity index (χ0n) is 12.3. The maximum Gasteiger partial charge on any atom is 0.198 e. The van der Waals surface area contributed by atoms with E-state index in [0.717, 1.165) is 39.4 Å². The second-order valence-corrected chi connectivity index (χ2v) is 6.19. The molecule has 0 saturated carbocycles. The van der Waals surface area contributed by atoms with Crippen LogP contribution in [-0.4, -0.2) is 16.5 Å². The number of aromatic nitrogens is 2. The summed E-state index contributed by atoms with van der Waals surface area (Å²) in [7, 11) is 0. The summed E-state index contributed by atoms with van der Waals surface area (Å²) in [5.74, 6) is 2.66. The number of furan rings is 1. The average molecular weight is 385 g/mol. The van der Waals surface area contributed by atoms with Gasteiger partial charge < -0.3 is 9.73 Å². The molecule has 0 aliphatic rings. The average Bonchev–Trinajstić information content (AvgIpc) is 2.83. The maximum atomic E-state index is 5.53. The standard InChI is InChI=1S/C15H20IN3O/c1-5-7-17-14-11(16)12(9(2)3)18-15(19-14)13-10(4)6-8-20-13/h6,8-9H,5,7H2,1-4H3,(H,17,18,19). The largest absolute Gasteiger partial charge is 0.461 e. The van der Waals surface area contributed by atoms with Gasteiger partial charge in [0.25, 0.3) is 0 Å². The van der Waals surface area contributed by atoms with Crippen LogP contribution in [-0.2, 0) is 0 Å². The topological polar surface area (TPSA) is 51.0 Å². The molecule has 0 spiro atoms. The van der Waals surface area contributed by atoms with Crippen LogP contribution in [0.1, 0.15) is 44.4 Å². The summed E-state index contributed by atoms with van der Waals surface area (Å²) in [6.07, 6.45) is 2.74.